The number of rotatable bonds is 4. The van der Waals surface area contributed by atoms with E-state index in [1.54, 1.807) is 13.0 Å². The number of benzene rings is 1. The van der Waals surface area contributed by atoms with Crippen molar-refractivity contribution in [2.75, 3.05) is 6.54 Å². The molecule has 2 N–H and O–H groups in total. The quantitative estimate of drug-likeness (QED) is 0.875. The molecule has 2 nitrogen and oxygen atoms in total. The number of halogens is 1. The minimum atomic E-state index is -0.140. The summed E-state index contributed by atoms with van der Waals surface area (Å²) in [6.45, 7) is 4.73. The van der Waals surface area contributed by atoms with Crippen LogP contribution in [0.1, 0.15) is 49.8 Å². The second kappa shape index (κ2) is 6.49. The molecule has 1 aliphatic carbocycles. The number of aliphatic hydroxyl groups is 1. The number of hydrogen-bond acceptors (Lipinski definition) is 2. The maximum absolute atomic E-state index is 13.5. The lowest BCUT2D eigenvalue weighted by molar-refractivity contribution is 0.0998. The molecule has 0 amide bonds. The smallest absolute Gasteiger partial charge is 0.126 e. The Morgan fingerprint density at radius 3 is 2.89 bits per heavy atom. The van der Waals surface area contributed by atoms with E-state index in [0.717, 1.165) is 31.4 Å². The van der Waals surface area contributed by atoms with E-state index >= 15 is 0 Å². The van der Waals surface area contributed by atoms with E-state index in [4.69, 9.17) is 0 Å². The second-order valence-electron chi connectivity index (χ2n) is 5.83. The van der Waals surface area contributed by atoms with Crippen LogP contribution in [0.15, 0.2) is 18.2 Å². The van der Waals surface area contributed by atoms with Gasteiger partial charge in [0.1, 0.15) is 5.82 Å². The van der Waals surface area contributed by atoms with E-state index in [0.29, 0.717) is 11.5 Å². The molecule has 2 rings (SSSR count). The van der Waals surface area contributed by atoms with Crippen molar-refractivity contribution >= 4 is 0 Å². The maximum Gasteiger partial charge on any atom is 0.126 e. The first-order valence-corrected chi connectivity index (χ1v) is 7.23. The first-order valence-electron chi connectivity index (χ1n) is 7.23. The molecule has 0 bridgehead atoms. The number of aryl methyl sites for hydroxylation is 1. The number of aliphatic hydroxyl groups excluding tert-OH is 1. The Morgan fingerprint density at radius 2 is 2.21 bits per heavy atom. The van der Waals surface area contributed by atoms with Crippen molar-refractivity contribution in [2.24, 2.45) is 5.92 Å². The summed E-state index contributed by atoms with van der Waals surface area (Å²) < 4.78 is 13.5. The van der Waals surface area contributed by atoms with Crippen LogP contribution in [-0.4, -0.2) is 17.8 Å². The minimum Gasteiger partial charge on any atom is -0.393 e. The Hall–Kier alpha value is -0.930. The van der Waals surface area contributed by atoms with Gasteiger partial charge in [-0.05, 0) is 62.8 Å². The second-order valence-corrected chi connectivity index (χ2v) is 5.83. The van der Waals surface area contributed by atoms with E-state index in [1.807, 2.05) is 12.1 Å². The molecule has 1 aromatic rings. The summed E-state index contributed by atoms with van der Waals surface area (Å²) in [5.41, 5.74) is 1.67. The zero-order valence-electron chi connectivity index (χ0n) is 11.8. The van der Waals surface area contributed by atoms with E-state index in [1.165, 1.54) is 6.42 Å². The van der Waals surface area contributed by atoms with Gasteiger partial charge in [0.15, 0.2) is 0 Å². The lowest BCUT2D eigenvalue weighted by Gasteiger charge is -2.27. The highest BCUT2D eigenvalue weighted by Gasteiger charge is 2.20. The molecule has 0 radical (unpaired) electrons. The third kappa shape index (κ3) is 4.02. The first-order chi connectivity index (χ1) is 9.06. The molecule has 3 heteroatoms. The van der Waals surface area contributed by atoms with Crippen molar-refractivity contribution in [2.45, 2.75) is 51.7 Å². The Morgan fingerprint density at radius 1 is 1.42 bits per heavy atom. The van der Waals surface area contributed by atoms with E-state index in [9.17, 15) is 9.50 Å². The highest BCUT2D eigenvalue weighted by atomic mass is 19.1. The summed E-state index contributed by atoms with van der Waals surface area (Å²) in [7, 11) is 0. The van der Waals surface area contributed by atoms with Crippen molar-refractivity contribution in [3.05, 3.63) is 35.1 Å². The minimum absolute atomic E-state index is 0.132. The zero-order valence-corrected chi connectivity index (χ0v) is 11.8. The van der Waals surface area contributed by atoms with Crippen LogP contribution in [0.4, 0.5) is 4.39 Å². The maximum atomic E-state index is 13.5. The van der Waals surface area contributed by atoms with Crippen LogP contribution in [-0.2, 0) is 0 Å². The Kier molecular flexibility index (Phi) is 4.94. The average Bonchev–Trinajstić information content (AvgIpc) is 2.39. The summed E-state index contributed by atoms with van der Waals surface area (Å²) in [4.78, 5) is 0. The van der Waals surface area contributed by atoms with Gasteiger partial charge in [-0.15, -0.1) is 0 Å². The SMILES string of the molecule is Cc1ccc(C(C)NCC2CCCC(O)C2)cc1F. The van der Waals surface area contributed by atoms with Gasteiger partial charge < -0.3 is 10.4 Å². The van der Waals surface area contributed by atoms with Crippen molar-refractivity contribution in [1.82, 2.24) is 5.32 Å². The number of nitrogens with one attached hydrogen (secondary N) is 1. The van der Waals surface area contributed by atoms with Crippen LogP contribution < -0.4 is 5.32 Å². The van der Waals surface area contributed by atoms with Crippen molar-refractivity contribution in [3.63, 3.8) is 0 Å². The molecule has 1 saturated carbocycles. The largest absolute Gasteiger partial charge is 0.393 e. The Bertz CT molecular complexity index is 421. The summed E-state index contributed by atoms with van der Waals surface area (Å²) in [5, 5.41) is 13.1. The van der Waals surface area contributed by atoms with Crippen LogP contribution in [0, 0.1) is 18.7 Å². The van der Waals surface area contributed by atoms with Gasteiger partial charge in [0, 0.05) is 6.04 Å². The molecule has 1 fully saturated rings. The van der Waals surface area contributed by atoms with Crippen molar-refractivity contribution in [3.8, 4) is 0 Å². The van der Waals surface area contributed by atoms with Gasteiger partial charge in [0.05, 0.1) is 6.10 Å². The van der Waals surface area contributed by atoms with E-state index in [2.05, 4.69) is 12.2 Å². The van der Waals surface area contributed by atoms with Gasteiger partial charge in [-0.25, -0.2) is 4.39 Å². The third-order valence-electron chi connectivity index (χ3n) is 4.16. The summed E-state index contributed by atoms with van der Waals surface area (Å²) >= 11 is 0. The molecule has 3 unspecified atom stereocenters. The molecule has 3 atom stereocenters. The fourth-order valence-corrected chi connectivity index (χ4v) is 2.79. The summed E-state index contributed by atoms with van der Waals surface area (Å²) in [6.07, 6.45) is 3.99. The monoisotopic (exact) mass is 265 g/mol. The highest BCUT2D eigenvalue weighted by Crippen LogP contribution is 2.24. The van der Waals surface area contributed by atoms with Gasteiger partial charge in [0.25, 0.3) is 0 Å². The number of hydrogen-bond donors (Lipinski definition) is 2. The highest BCUT2D eigenvalue weighted by molar-refractivity contribution is 5.25. The first kappa shape index (κ1) is 14.5. The van der Waals surface area contributed by atoms with Crippen molar-refractivity contribution in [1.29, 1.82) is 0 Å². The molecular formula is C16H24FNO. The molecule has 0 aromatic heterocycles. The normalized spacial score (nSPS) is 25.3. The van der Waals surface area contributed by atoms with E-state index in [-0.39, 0.29) is 18.0 Å². The molecule has 0 saturated heterocycles. The van der Waals surface area contributed by atoms with Crippen LogP contribution in [0.3, 0.4) is 0 Å². The molecule has 1 aromatic carbocycles. The summed E-state index contributed by atoms with van der Waals surface area (Å²) in [5.74, 6) is 0.403. The zero-order chi connectivity index (χ0) is 13.8. The lowest BCUT2D eigenvalue weighted by atomic mass is 9.87. The van der Waals surface area contributed by atoms with Gasteiger partial charge >= 0.3 is 0 Å². The Balaban J connectivity index is 1.86. The molecule has 0 heterocycles. The van der Waals surface area contributed by atoms with Crippen LogP contribution >= 0.6 is 0 Å². The van der Waals surface area contributed by atoms with Gasteiger partial charge in [-0.2, -0.15) is 0 Å². The fourth-order valence-electron chi connectivity index (χ4n) is 2.79. The van der Waals surface area contributed by atoms with Crippen LogP contribution in [0.25, 0.3) is 0 Å². The standard InChI is InChI=1S/C16H24FNO/c1-11-6-7-14(9-16(11)17)12(2)18-10-13-4-3-5-15(19)8-13/h6-7,9,12-13,15,18-19H,3-5,8,10H2,1-2H3. The van der Waals surface area contributed by atoms with Crippen LogP contribution in [0.2, 0.25) is 0 Å². The average molecular weight is 265 g/mol. The van der Waals surface area contributed by atoms with Gasteiger partial charge in [-0.1, -0.05) is 18.6 Å². The molecule has 1 aliphatic rings. The lowest BCUT2D eigenvalue weighted by Crippen LogP contribution is -2.30. The van der Waals surface area contributed by atoms with Crippen LogP contribution in [0.5, 0.6) is 0 Å². The predicted molar refractivity (Wildman–Crippen MR) is 75.5 cm³/mol. The summed E-state index contributed by atoms with van der Waals surface area (Å²) in [6, 6.07) is 5.57. The van der Waals surface area contributed by atoms with Gasteiger partial charge in [-0.3, -0.25) is 0 Å². The molecule has 0 spiro atoms. The molecular weight excluding hydrogens is 241 g/mol. The van der Waals surface area contributed by atoms with Crippen molar-refractivity contribution < 1.29 is 9.50 Å². The fraction of sp³-hybridized carbons (Fsp3) is 0.625. The predicted octanol–water partition coefficient (Wildman–Crippen LogP) is 3.34. The molecule has 0 aliphatic heterocycles. The molecule has 106 valence electrons. The third-order valence-corrected chi connectivity index (χ3v) is 4.16. The van der Waals surface area contributed by atoms with E-state index < -0.39 is 0 Å². The van der Waals surface area contributed by atoms with Gasteiger partial charge in [0.2, 0.25) is 0 Å². The Labute approximate surface area is 115 Å². The molecule has 19 heavy (non-hydrogen) atoms. The topological polar surface area (TPSA) is 32.3 Å².